The van der Waals surface area contributed by atoms with Gasteiger partial charge in [0.2, 0.25) is 5.91 Å². The maximum Gasteiger partial charge on any atom is 0.306 e. The van der Waals surface area contributed by atoms with Gasteiger partial charge in [0.1, 0.15) is 24.3 Å². The Morgan fingerprint density at radius 1 is 1.33 bits per heavy atom. The first-order valence-electron chi connectivity index (χ1n) is 6.67. The molecule has 21 heavy (non-hydrogen) atoms. The number of carbonyl (C=O) groups is 2. The highest BCUT2D eigenvalue weighted by atomic mass is 16.5. The Kier molecular flexibility index (Phi) is 5.12. The van der Waals surface area contributed by atoms with E-state index < -0.39 is 6.04 Å². The van der Waals surface area contributed by atoms with E-state index in [1.165, 1.54) is 0 Å². The Morgan fingerprint density at radius 3 is 2.81 bits per heavy atom. The molecule has 6 nitrogen and oxygen atoms in total. The Morgan fingerprint density at radius 2 is 2.10 bits per heavy atom. The lowest BCUT2D eigenvalue weighted by molar-refractivity contribution is -0.145. The number of esters is 1. The lowest BCUT2D eigenvalue weighted by Crippen LogP contribution is -2.51. The lowest BCUT2D eigenvalue weighted by atomic mass is 10.1. The van der Waals surface area contributed by atoms with Crippen molar-refractivity contribution < 1.29 is 19.1 Å². The van der Waals surface area contributed by atoms with E-state index in [1.807, 2.05) is 30.3 Å². The molecule has 2 rings (SSSR count). The highest BCUT2D eigenvalue weighted by molar-refractivity contribution is 5.85. The van der Waals surface area contributed by atoms with Gasteiger partial charge >= 0.3 is 5.97 Å². The molecule has 0 radical (unpaired) electrons. The molecule has 0 spiro atoms. The Labute approximate surface area is 122 Å². The molecule has 1 aliphatic heterocycles. The summed E-state index contributed by atoms with van der Waals surface area (Å²) in [5.74, 6) is 1.10. The van der Waals surface area contributed by atoms with Gasteiger partial charge in [-0.3, -0.25) is 9.59 Å². The van der Waals surface area contributed by atoms with Crippen LogP contribution in [0.25, 0.3) is 0 Å². The van der Waals surface area contributed by atoms with Crippen LogP contribution in [0, 0.1) is 0 Å². The molecule has 1 atom stereocenters. The van der Waals surface area contributed by atoms with E-state index in [2.05, 4.69) is 10.6 Å². The van der Waals surface area contributed by atoms with Crippen LogP contribution in [0.2, 0.25) is 0 Å². The molecule has 1 amide bonds. The van der Waals surface area contributed by atoms with Crippen LogP contribution in [0.15, 0.2) is 36.0 Å². The molecule has 1 heterocycles. The van der Waals surface area contributed by atoms with Crippen molar-refractivity contribution in [3.05, 3.63) is 41.6 Å². The quantitative estimate of drug-likeness (QED) is 0.602. The van der Waals surface area contributed by atoms with E-state index in [4.69, 9.17) is 4.74 Å². The van der Waals surface area contributed by atoms with E-state index in [1.54, 1.807) is 5.94 Å². The Bertz CT molecular complexity index is 564. The fourth-order valence-corrected chi connectivity index (χ4v) is 1.97. The minimum atomic E-state index is -0.598. The molecule has 110 valence electrons. The van der Waals surface area contributed by atoms with Crippen LogP contribution in [0.4, 0.5) is 0 Å². The van der Waals surface area contributed by atoms with Gasteiger partial charge < -0.3 is 15.4 Å². The molecule has 0 saturated carbocycles. The number of ether oxygens (including phenoxy) is 1. The molecule has 0 bridgehead atoms. The first kappa shape index (κ1) is 14.8. The van der Waals surface area contributed by atoms with Gasteiger partial charge in [0, 0.05) is 6.42 Å². The summed E-state index contributed by atoms with van der Waals surface area (Å²) >= 11 is 0. The smallest absolute Gasteiger partial charge is 0.306 e. The van der Waals surface area contributed by atoms with Crippen LogP contribution in [0.5, 0.6) is 0 Å². The molecule has 1 aromatic rings. The molecule has 1 saturated heterocycles. The van der Waals surface area contributed by atoms with Gasteiger partial charge in [-0.25, -0.2) is 4.79 Å². The topological polar surface area (TPSA) is 84.5 Å². The lowest BCUT2D eigenvalue weighted by Gasteiger charge is -2.24. The SMILES string of the molecule is O=C=C1CNC(=O)C(CCC(=O)OCc2ccccc2)N1. The minimum Gasteiger partial charge on any atom is -0.461 e. The molecule has 1 unspecified atom stereocenters. The van der Waals surface area contributed by atoms with Crippen LogP contribution in [-0.2, 0) is 25.7 Å². The summed E-state index contributed by atoms with van der Waals surface area (Å²) in [6.45, 7) is 0.362. The fraction of sp³-hybridized carbons (Fsp3) is 0.333. The average Bonchev–Trinajstić information content (AvgIpc) is 2.53. The zero-order valence-electron chi connectivity index (χ0n) is 11.4. The maximum atomic E-state index is 11.7. The van der Waals surface area contributed by atoms with Crippen molar-refractivity contribution in [1.82, 2.24) is 10.6 Å². The van der Waals surface area contributed by atoms with E-state index >= 15 is 0 Å². The number of hydrogen-bond acceptors (Lipinski definition) is 5. The van der Waals surface area contributed by atoms with E-state index in [-0.39, 0.29) is 43.6 Å². The van der Waals surface area contributed by atoms with E-state index in [0.717, 1.165) is 5.56 Å². The highest BCUT2D eigenvalue weighted by Gasteiger charge is 2.25. The third-order valence-corrected chi connectivity index (χ3v) is 3.11. The number of amides is 1. The van der Waals surface area contributed by atoms with Crippen molar-refractivity contribution in [2.75, 3.05) is 6.54 Å². The summed E-state index contributed by atoms with van der Waals surface area (Å²) in [6, 6.07) is 8.75. The molecular weight excluding hydrogens is 272 g/mol. The number of hydrogen-bond donors (Lipinski definition) is 2. The van der Waals surface area contributed by atoms with Gasteiger partial charge in [-0.2, -0.15) is 0 Å². The second-order valence-corrected chi connectivity index (χ2v) is 4.68. The average molecular weight is 288 g/mol. The summed E-state index contributed by atoms with van der Waals surface area (Å²) in [6.07, 6.45) is 0.370. The second kappa shape index (κ2) is 7.26. The largest absolute Gasteiger partial charge is 0.461 e. The summed E-state index contributed by atoms with van der Waals surface area (Å²) in [5, 5.41) is 5.32. The van der Waals surface area contributed by atoms with Gasteiger partial charge in [-0.15, -0.1) is 0 Å². The van der Waals surface area contributed by atoms with Crippen LogP contribution in [-0.4, -0.2) is 30.4 Å². The summed E-state index contributed by atoms with van der Waals surface area (Å²) in [5.41, 5.74) is 1.20. The van der Waals surface area contributed by atoms with Crippen LogP contribution < -0.4 is 10.6 Å². The van der Waals surface area contributed by atoms with Gasteiger partial charge in [-0.1, -0.05) is 30.3 Å². The van der Waals surface area contributed by atoms with Crippen molar-refractivity contribution >= 4 is 17.8 Å². The number of rotatable bonds is 5. The first-order valence-corrected chi connectivity index (χ1v) is 6.67. The van der Waals surface area contributed by atoms with Gasteiger partial charge in [0.05, 0.1) is 6.54 Å². The van der Waals surface area contributed by atoms with Crippen LogP contribution in [0.1, 0.15) is 18.4 Å². The van der Waals surface area contributed by atoms with E-state index in [0.29, 0.717) is 0 Å². The third-order valence-electron chi connectivity index (χ3n) is 3.11. The zero-order valence-corrected chi connectivity index (χ0v) is 11.4. The first-order chi connectivity index (χ1) is 10.2. The predicted octanol–water partition coefficient (Wildman–Crippen LogP) is 0.313. The molecule has 2 N–H and O–H groups in total. The monoisotopic (exact) mass is 288 g/mol. The van der Waals surface area contributed by atoms with Crippen LogP contribution >= 0.6 is 0 Å². The second-order valence-electron chi connectivity index (χ2n) is 4.68. The molecule has 1 aliphatic rings. The van der Waals surface area contributed by atoms with Crippen molar-refractivity contribution in [1.29, 1.82) is 0 Å². The molecule has 0 aliphatic carbocycles. The van der Waals surface area contributed by atoms with Crippen molar-refractivity contribution in [3.8, 4) is 0 Å². The highest BCUT2D eigenvalue weighted by Crippen LogP contribution is 2.07. The van der Waals surface area contributed by atoms with Crippen molar-refractivity contribution in [3.63, 3.8) is 0 Å². The minimum absolute atomic E-state index is 0.101. The number of benzene rings is 1. The molecular formula is C15H16N2O4. The fourth-order valence-electron chi connectivity index (χ4n) is 1.97. The number of carbonyl (C=O) groups excluding carboxylic acids is 3. The van der Waals surface area contributed by atoms with Crippen molar-refractivity contribution in [2.24, 2.45) is 0 Å². The van der Waals surface area contributed by atoms with Gasteiger partial charge in [-0.05, 0) is 12.0 Å². The number of piperazine rings is 1. The Balaban J connectivity index is 1.75. The summed E-state index contributed by atoms with van der Waals surface area (Å²) in [4.78, 5) is 33.8. The number of nitrogens with one attached hydrogen (secondary N) is 2. The molecule has 0 aromatic heterocycles. The van der Waals surface area contributed by atoms with Gasteiger partial charge in [0.25, 0.3) is 0 Å². The summed E-state index contributed by atoms with van der Waals surface area (Å²) < 4.78 is 5.12. The summed E-state index contributed by atoms with van der Waals surface area (Å²) in [7, 11) is 0. The third kappa shape index (κ3) is 4.47. The standard InChI is InChI=1S/C15H16N2O4/c18-9-12-8-16-15(20)13(17-12)6-7-14(19)21-10-11-4-2-1-3-5-11/h1-5,13,17H,6-8,10H2,(H,16,20). The van der Waals surface area contributed by atoms with Crippen LogP contribution in [0.3, 0.4) is 0 Å². The van der Waals surface area contributed by atoms with Crippen molar-refractivity contribution in [2.45, 2.75) is 25.5 Å². The zero-order chi connectivity index (χ0) is 15.1. The normalized spacial score (nSPS) is 17.4. The molecule has 6 heteroatoms. The van der Waals surface area contributed by atoms with E-state index in [9.17, 15) is 14.4 Å². The van der Waals surface area contributed by atoms with Gasteiger partial charge in [0.15, 0.2) is 0 Å². The Hall–Kier alpha value is -2.59. The maximum absolute atomic E-state index is 11.7. The predicted molar refractivity (Wildman–Crippen MR) is 74.6 cm³/mol. The molecule has 1 fully saturated rings. The molecule has 1 aromatic carbocycles.